The first-order chi connectivity index (χ1) is 7.22. The third-order valence-electron chi connectivity index (χ3n) is 2.86. The highest BCUT2D eigenvalue weighted by molar-refractivity contribution is 14.1. The van der Waals surface area contributed by atoms with Crippen molar-refractivity contribution in [2.45, 2.75) is 44.9 Å². The largest absolute Gasteiger partial charge is 0.368 e. The quantitative estimate of drug-likeness (QED) is 0.632. The van der Waals surface area contributed by atoms with E-state index in [1.54, 1.807) is 0 Å². The number of rotatable bonds is 3. The molecule has 0 amide bonds. The highest BCUT2D eigenvalue weighted by Crippen LogP contribution is 2.34. The molecule has 3 nitrogen and oxygen atoms in total. The second-order valence-corrected chi connectivity index (χ2v) is 5.18. The number of hydrogen-bond acceptors (Lipinski definition) is 2. The average Bonchev–Trinajstić information content (AvgIpc) is 2.85. The van der Waals surface area contributed by atoms with E-state index < -0.39 is 0 Å². The maximum absolute atomic E-state index is 5.98. The van der Waals surface area contributed by atoms with E-state index in [4.69, 9.17) is 4.74 Å². The molecule has 1 aliphatic rings. The third-order valence-corrected chi connectivity index (χ3v) is 3.84. The molecular weight excluding hydrogens is 303 g/mol. The first-order valence-electron chi connectivity index (χ1n) is 5.45. The summed E-state index contributed by atoms with van der Waals surface area (Å²) < 4.78 is 9.27. The van der Waals surface area contributed by atoms with Crippen LogP contribution in [-0.2, 0) is 4.74 Å². The maximum atomic E-state index is 5.98. The van der Waals surface area contributed by atoms with Crippen LogP contribution >= 0.6 is 22.6 Å². The van der Waals surface area contributed by atoms with Gasteiger partial charge in [-0.15, -0.1) is 0 Å². The SMILES string of the molecule is CC(C)n1cncc1C1CCC(CI)O1. The van der Waals surface area contributed by atoms with Crippen molar-refractivity contribution >= 4 is 22.6 Å². The van der Waals surface area contributed by atoms with Gasteiger partial charge in [-0.2, -0.15) is 0 Å². The molecule has 15 heavy (non-hydrogen) atoms. The van der Waals surface area contributed by atoms with Crippen LogP contribution in [-0.4, -0.2) is 20.1 Å². The molecule has 4 heteroatoms. The Bertz CT molecular complexity index is 324. The van der Waals surface area contributed by atoms with Crippen LogP contribution in [0.5, 0.6) is 0 Å². The van der Waals surface area contributed by atoms with Gasteiger partial charge >= 0.3 is 0 Å². The van der Waals surface area contributed by atoms with E-state index in [9.17, 15) is 0 Å². The average molecular weight is 320 g/mol. The Morgan fingerprint density at radius 1 is 1.60 bits per heavy atom. The van der Waals surface area contributed by atoms with Crippen LogP contribution in [0.3, 0.4) is 0 Å². The van der Waals surface area contributed by atoms with Gasteiger partial charge in [0.1, 0.15) is 0 Å². The zero-order valence-electron chi connectivity index (χ0n) is 9.19. The van der Waals surface area contributed by atoms with Gasteiger partial charge in [0, 0.05) is 10.5 Å². The molecule has 1 aliphatic heterocycles. The lowest BCUT2D eigenvalue weighted by Gasteiger charge is -2.17. The van der Waals surface area contributed by atoms with E-state index in [1.807, 2.05) is 12.5 Å². The Morgan fingerprint density at radius 2 is 2.40 bits per heavy atom. The topological polar surface area (TPSA) is 27.1 Å². The van der Waals surface area contributed by atoms with Gasteiger partial charge in [0.15, 0.2) is 0 Å². The Kier molecular flexibility index (Phi) is 3.66. The van der Waals surface area contributed by atoms with Crippen molar-refractivity contribution in [2.75, 3.05) is 4.43 Å². The maximum Gasteiger partial charge on any atom is 0.0995 e. The minimum absolute atomic E-state index is 0.259. The van der Waals surface area contributed by atoms with Crippen LogP contribution in [0.25, 0.3) is 0 Å². The zero-order chi connectivity index (χ0) is 10.8. The Morgan fingerprint density at radius 3 is 3.00 bits per heavy atom. The van der Waals surface area contributed by atoms with Crippen LogP contribution in [0.4, 0.5) is 0 Å². The van der Waals surface area contributed by atoms with Gasteiger partial charge in [-0.25, -0.2) is 4.98 Å². The molecule has 84 valence electrons. The van der Waals surface area contributed by atoms with E-state index in [-0.39, 0.29) is 6.10 Å². The van der Waals surface area contributed by atoms with Crippen molar-refractivity contribution in [3.63, 3.8) is 0 Å². The Labute approximate surface area is 104 Å². The Balaban J connectivity index is 2.13. The summed E-state index contributed by atoms with van der Waals surface area (Å²) in [4.78, 5) is 4.22. The predicted octanol–water partition coefficient (Wildman–Crippen LogP) is 3.12. The molecule has 1 saturated heterocycles. The van der Waals surface area contributed by atoms with Gasteiger partial charge in [-0.05, 0) is 26.7 Å². The molecule has 2 unspecified atom stereocenters. The van der Waals surface area contributed by atoms with Crippen molar-refractivity contribution in [2.24, 2.45) is 0 Å². The lowest BCUT2D eigenvalue weighted by molar-refractivity contribution is 0.0543. The van der Waals surface area contributed by atoms with Crippen molar-refractivity contribution in [1.29, 1.82) is 0 Å². The summed E-state index contributed by atoms with van der Waals surface area (Å²) in [5, 5.41) is 0. The van der Waals surface area contributed by atoms with Crippen molar-refractivity contribution in [1.82, 2.24) is 9.55 Å². The molecule has 2 rings (SSSR count). The smallest absolute Gasteiger partial charge is 0.0995 e. The van der Waals surface area contributed by atoms with Gasteiger partial charge in [-0.1, -0.05) is 22.6 Å². The van der Waals surface area contributed by atoms with Gasteiger partial charge in [0.25, 0.3) is 0 Å². The van der Waals surface area contributed by atoms with Crippen molar-refractivity contribution < 1.29 is 4.74 Å². The summed E-state index contributed by atoms with van der Waals surface area (Å²) in [6.07, 6.45) is 6.85. The summed E-state index contributed by atoms with van der Waals surface area (Å²) in [7, 11) is 0. The van der Waals surface area contributed by atoms with Gasteiger partial charge in [-0.3, -0.25) is 0 Å². The van der Waals surface area contributed by atoms with E-state index in [2.05, 4.69) is 46.0 Å². The van der Waals surface area contributed by atoms with Crippen LogP contribution in [0.15, 0.2) is 12.5 Å². The number of aromatic nitrogens is 2. The molecule has 0 radical (unpaired) electrons. The molecule has 2 heterocycles. The lowest BCUT2D eigenvalue weighted by atomic mass is 10.1. The molecular formula is C11H17IN2O. The predicted molar refractivity (Wildman–Crippen MR) is 68.3 cm³/mol. The molecule has 2 atom stereocenters. The molecule has 0 N–H and O–H groups in total. The second kappa shape index (κ2) is 4.82. The molecule has 0 bridgehead atoms. The van der Waals surface area contributed by atoms with Crippen LogP contribution in [0.2, 0.25) is 0 Å². The van der Waals surface area contributed by atoms with E-state index in [0.717, 1.165) is 10.8 Å². The number of imidazole rings is 1. The highest BCUT2D eigenvalue weighted by atomic mass is 127. The fourth-order valence-electron chi connectivity index (χ4n) is 2.03. The van der Waals surface area contributed by atoms with Gasteiger partial charge < -0.3 is 9.30 Å². The molecule has 1 aromatic heterocycles. The minimum Gasteiger partial charge on any atom is -0.368 e. The summed E-state index contributed by atoms with van der Waals surface area (Å²) >= 11 is 2.39. The molecule has 1 aromatic rings. The summed E-state index contributed by atoms with van der Waals surface area (Å²) in [6, 6.07) is 0.463. The van der Waals surface area contributed by atoms with E-state index >= 15 is 0 Å². The molecule has 0 saturated carbocycles. The standard InChI is InChI=1S/C11H17IN2O/c1-8(2)14-7-13-6-10(14)11-4-3-9(5-12)15-11/h6-9,11H,3-5H2,1-2H3. The molecule has 0 spiro atoms. The molecule has 0 aromatic carbocycles. The lowest BCUT2D eigenvalue weighted by Crippen LogP contribution is -2.11. The first-order valence-corrected chi connectivity index (χ1v) is 6.98. The summed E-state index contributed by atoms with van der Waals surface area (Å²) in [6.45, 7) is 4.35. The number of alkyl halides is 1. The number of halogens is 1. The van der Waals surface area contributed by atoms with Crippen LogP contribution in [0.1, 0.15) is 44.5 Å². The summed E-state index contributed by atoms with van der Waals surface area (Å²) in [5.74, 6) is 0. The van der Waals surface area contributed by atoms with E-state index in [0.29, 0.717) is 12.1 Å². The fourth-order valence-corrected chi connectivity index (χ4v) is 2.68. The zero-order valence-corrected chi connectivity index (χ0v) is 11.3. The van der Waals surface area contributed by atoms with Crippen molar-refractivity contribution in [3.05, 3.63) is 18.2 Å². The second-order valence-electron chi connectivity index (χ2n) is 4.30. The Hall–Kier alpha value is -0.100. The summed E-state index contributed by atoms with van der Waals surface area (Å²) in [5.41, 5.74) is 1.23. The number of ether oxygens (including phenoxy) is 1. The third kappa shape index (κ3) is 2.36. The van der Waals surface area contributed by atoms with Crippen molar-refractivity contribution in [3.8, 4) is 0 Å². The first kappa shape index (κ1) is 11.4. The normalized spacial score (nSPS) is 26.4. The monoisotopic (exact) mass is 320 g/mol. The van der Waals surface area contributed by atoms with Crippen LogP contribution in [0, 0.1) is 0 Å². The van der Waals surface area contributed by atoms with Gasteiger partial charge in [0.05, 0.1) is 30.4 Å². The number of nitrogens with zero attached hydrogens (tertiary/aromatic N) is 2. The van der Waals surface area contributed by atoms with Crippen LogP contribution < -0.4 is 0 Å². The van der Waals surface area contributed by atoms with E-state index in [1.165, 1.54) is 12.1 Å². The minimum atomic E-state index is 0.259. The highest BCUT2D eigenvalue weighted by Gasteiger charge is 2.28. The number of hydrogen-bond donors (Lipinski definition) is 0. The van der Waals surface area contributed by atoms with Gasteiger partial charge in [0.2, 0.25) is 0 Å². The molecule has 1 fully saturated rings. The fraction of sp³-hybridized carbons (Fsp3) is 0.727. The molecule has 0 aliphatic carbocycles.